The summed E-state index contributed by atoms with van der Waals surface area (Å²) in [5, 5.41) is 0. The van der Waals surface area contributed by atoms with Crippen molar-refractivity contribution in [3.05, 3.63) is 35.9 Å². The molecular weight excluding hydrogens is 218 g/mol. The van der Waals surface area contributed by atoms with Gasteiger partial charge in [-0.3, -0.25) is 0 Å². The zero-order chi connectivity index (χ0) is 10.9. The van der Waals surface area contributed by atoms with Crippen molar-refractivity contribution in [3.8, 4) is 0 Å². The second-order valence-corrected chi connectivity index (χ2v) is 4.19. The second-order valence-electron chi connectivity index (χ2n) is 4.19. The van der Waals surface area contributed by atoms with Gasteiger partial charge in [0.15, 0.2) is 0 Å². The maximum absolute atomic E-state index is 5.82. The average Bonchev–Trinajstić information content (AvgIpc) is 2.30. The first-order valence-electron chi connectivity index (χ1n) is 6.13. The van der Waals surface area contributed by atoms with Crippen LogP contribution in [0.15, 0.2) is 30.3 Å². The molecule has 92 valence electrons. The highest BCUT2D eigenvalue weighted by Crippen LogP contribution is 2.21. The minimum Gasteiger partial charge on any atom is -0.330 e. The Hall–Kier alpha value is -0.530. The first-order valence-corrected chi connectivity index (χ1v) is 6.13. The highest BCUT2D eigenvalue weighted by molar-refractivity contribution is 5.85. The number of halogens is 1. The van der Waals surface area contributed by atoms with Crippen molar-refractivity contribution < 1.29 is 0 Å². The lowest BCUT2D eigenvalue weighted by Gasteiger charge is -2.14. The Morgan fingerprint density at radius 3 is 2.31 bits per heavy atom. The Balaban J connectivity index is 0.00000225. The van der Waals surface area contributed by atoms with E-state index in [0.717, 1.165) is 6.54 Å². The highest BCUT2D eigenvalue weighted by Gasteiger charge is 2.07. The van der Waals surface area contributed by atoms with Crippen LogP contribution in [0.4, 0.5) is 0 Å². The Morgan fingerprint density at radius 1 is 1.06 bits per heavy atom. The van der Waals surface area contributed by atoms with Crippen molar-refractivity contribution in [3.63, 3.8) is 0 Å². The van der Waals surface area contributed by atoms with Gasteiger partial charge in [-0.05, 0) is 24.4 Å². The van der Waals surface area contributed by atoms with Crippen molar-refractivity contribution >= 4 is 12.4 Å². The van der Waals surface area contributed by atoms with Gasteiger partial charge in [-0.15, -0.1) is 12.4 Å². The zero-order valence-corrected chi connectivity index (χ0v) is 11.0. The quantitative estimate of drug-likeness (QED) is 0.714. The molecule has 0 aliphatic carbocycles. The van der Waals surface area contributed by atoms with Crippen LogP contribution in [0.3, 0.4) is 0 Å². The van der Waals surface area contributed by atoms with Crippen LogP contribution in [0.5, 0.6) is 0 Å². The van der Waals surface area contributed by atoms with Gasteiger partial charge in [0.25, 0.3) is 0 Å². The van der Waals surface area contributed by atoms with Crippen molar-refractivity contribution in [2.75, 3.05) is 6.54 Å². The third-order valence-corrected chi connectivity index (χ3v) is 2.96. The minimum atomic E-state index is 0. The van der Waals surface area contributed by atoms with Gasteiger partial charge < -0.3 is 5.73 Å². The van der Waals surface area contributed by atoms with Gasteiger partial charge in [0.2, 0.25) is 0 Å². The molecule has 0 aliphatic heterocycles. The summed E-state index contributed by atoms with van der Waals surface area (Å²) in [7, 11) is 0. The summed E-state index contributed by atoms with van der Waals surface area (Å²) in [5.41, 5.74) is 7.22. The van der Waals surface area contributed by atoms with E-state index in [2.05, 4.69) is 37.3 Å². The van der Waals surface area contributed by atoms with Crippen LogP contribution in [0, 0.1) is 0 Å². The zero-order valence-electron chi connectivity index (χ0n) is 10.2. The summed E-state index contributed by atoms with van der Waals surface area (Å²) in [6.45, 7) is 3.02. The highest BCUT2D eigenvalue weighted by atomic mass is 35.5. The average molecular weight is 242 g/mol. The van der Waals surface area contributed by atoms with E-state index in [4.69, 9.17) is 5.73 Å². The van der Waals surface area contributed by atoms with Gasteiger partial charge in [-0.1, -0.05) is 62.9 Å². The number of hydrogen-bond donors (Lipinski definition) is 1. The van der Waals surface area contributed by atoms with E-state index in [9.17, 15) is 0 Å². The molecule has 0 spiro atoms. The van der Waals surface area contributed by atoms with Crippen LogP contribution in [0.2, 0.25) is 0 Å². The Morgan fingerprint density at radius 2 is 1.75 bits per heavy atom. The fraction of sp³-hybridized carbons (Fsp3) is 0.571. The first-order chi connectivity index (χ1) is 7.38. The SMILES string of the molecule is CCCCCCC(CN)c1ccccc1.Cl. The van der Waals surface area contributed by atoms with E-state index in [-0.39, 0.29) is 12.4 Å². The van der Waals surface area contributed by atoms with Gasteiger partial charge in [0.1, 0.15) is 0 Å². The predicted octanol–water partition coefficient (Wildman–Crippen LogP) is 4.12. The van der Waals surface area contributed by atoms with Gasteiger partial charge in [-0.2, -0.15) is 0 Å². The molecular formula is C14H24ClN. The molecule has 2 N–H and O–H groups in total. The molecule has 0 heterocycles. The fourth-order valence-electron chi connectivity index (χ4n) is 1.96. The van der Waals surface area contributed by atoms with E-state index < -0.39 is 0 Å². The first kappa shape index (κ1) is 15.5. The van der Waals surface area contributed by atoms with Crippen LogP contribution in [-0.4, -0.2) is 6.54 Å². The number of benzene rings is 1. The van der Waals surface area contributed by atoms with E-state index in [1.165, 1.54) is 37.7 Å². The van der Waals surface area contributed by atoms with E-state index in [1.54, 1.807) is 0 Å². The third kappa shape index (κ3) is 5.53. The maximum atomic E-state index is 5.82. The van der Waals surface area contributed by atoms with Crippen molar-refractivity contribution in [2.24, 2.45) is 5.73 Å². The molecule has 1 nitrogen and oxygen atoms in total. The van der Waals surface area contributed by atoms with E-state index in [1.807, 2.05) is 0 Å². The smallest absolute Gasteiger partial charge is 0.000824 e. The molecule has 16 heavy (non-hydrogen) atoms. The molecule has 0 saturated carbocycles. The summed E-state index contributed by atoms with van der Waals surface area (Å²) in [4.78, 5) is 0. The lowest BCUT2D eigenvalue weighted by molar-refractivity contribution is 0.559. The van der Waals surface area contributed by atoms with Crippen LogP contribution < -0.4 is 5.73 Å². The Kier molecular flexibility index (Phi) is 9.36. The molecule has 0 aromatic heterocycles. The van der Waals surface area contributed by atoms with Gasteiger partial charge in [0, 0.05) is 0 Å². The maximum Gasteiger partial charge on any atom is -0.000824 e. The number of nitrogens with two attached hydrogens (primary N) is 1. The standard InChI is InChI=1S/C14H23N.ClH/c1-2-3-4-6-11-14(12-15)13-9-7-5-8-10-13;/h5,7-10,14H,2-4,6,11-12,15H2,1H3;1H. The normalized spacial score (nSPS) is 11.9. The molecule has 0 aliphatic rings. The van der Waals surface area contributed by atoms with Crippen molar-refractivity contribution in [1.82, 2.24) is 0 Å². The summed E-state index contributed by atoms with van der Waals surface area (Å²) < 4.78 is 0. The molecule has 1 aromatic rings. The van der Waals surface area contributed by atoms with Gasteiger partial charge in [0.05, 0.1) is 0 Å². The Bertz CT molecular complexity index is 248. The van der Waals surface area contributed by atoms with Crippen LogP contribution in [0.25, 0.3) is 0 Å². The monoisotopic (exact) mass is 241 g/mol. The molecule has 0 radical (unpaired) electrons. The van der Waals surface area contributed by atoms with Gasteiger partial charge >= 0.3 is 0 Å². The lowest BCUT2D eigenvalue weighted by Crippen LogP contribution is -2.12. The molecule has 0 amide bonds. The van der Waals surface area contributed by atoms with Crippen molar-refractivity contribution in [1.29, 1.82) is 0 Å². The largest absolute Gasteiger partial charge is 0.330 e. The summed E-state index contributed by atoms with van der Waals surface area (Å²) in [5.74, 6) is 0.558. The van der Waals surface area contributed by atoms with Crippen LogP contribution in [0.1, 0.15) is 50.5 Å². The summed E-state index contributed by atoms with van der Waals surface area (Å²) >= 11 is 0. The number of hydrogen-bond acceptors (Lipinski definition) is 1. The van der Waals surface area contributed by atoms with E-state index in [0.29, 0.717) is 5.92 Å². The number of unbranched alkanes of at least 4 members (excludes halogenated alkanes) is 3. The number of rotatable bonds is 7. The second kappa shape index (κ2) is 9.68. The topological polar surface area (TPSA) is 26.0 Å². The fourth-order valence-corrected chi connectivity index (χ4v) is 1.96. The molecule has 0 fully saturated rings. The Labute approximate surface area is 106 Å². The summed E-state index contributed by atoms with van der Waals surface area (Å²) in [6.07, 6.45) is 6.55. The molecule has 1 aromatic carbocycles. The predicted molar refractivity (Wildman–Crippen MR) is 74.2 cm³/mol. The molecule has 2 heteroatoms. The van der Waals surface area contributed by atoms with Gasteiger partial charge in [-0.25, -0.2) is 0 Å². The van der Waals surface area contributed by atoms with Crippen molar-refractivity contribution in [2.45, 2.75) is 44.9 Å². The van der Waals surface area contributed by atoms with Crippen LogP contribution in [-0.2, 0) is 0 Å². The molecule has 0 bridgehead atoms. The summed E-state index contributed by atoms with van der Waals surface area (Å²) in [6, 6.07) is 10.6. The molecule has 1 atom stereocenters. The third-order valence-electron chi connectivity index (χ3n) is 2.96. The molecule has 1 rings (SSSR count). The van der Waals surface area contributed by atoms with E-state index >= 15 is 0 Å². The van der Waals surface area contributed by atoms with Crippen LogP contribution >= 0.6 is 12.4 Å². The molecule has 0 saturated heterocycles. The molecule has 1 unspecified atom stereocenters. The minimum absolute atomic E-state index is 0. The lowest BCUT2D eigenvalue weighted by atomic mass is 9.93.